The van der Waals surface area contributed by atoms with Crippen LogP contribution in [0.5, 0.6) is 5.75 Å². The molecule has 14 heteroatoms. The first kappa shape index (κ1) is 54.0. The van der Waals surface area contributed by atoms with Crippen molar-refractivity contribution in [2.24, 2.45) is 34.5 Å². The van der Waals surface area contributed by atoms with Crippen LogP contribution in [0.25, 0.3) is 21.8 Å². The molecule has 1 aromatic heterocycles. The molecule has 2 amide bonds. The van der Waals surface area contributed by atoms with E-state index < -0.39 is 16.1 Å². The first-order valence-corrected chi connectivity index (χ1v) is 28.6. The van der Waals surface area contributed by atoms with Gasteiger partial charge in [-0.05, 0) is 123 Å². The molecule has 73 heavy (non-hydrogen) atoms. The fraction of sp³-hybridized carbons (Fsp3) is 0.559. The minimum absolute atomic E-state index is 0.0199. The number of ether oxygens (including phenoxy) is 1. The largest absolute Gasteiger partial charge is 0.422 e. The van der Waals surface area contributed by atoms with Crippen LogP contribution in [0.4, 0.5) is 0 Å². The van der Waals surface area contributed by atoms with Crippen molar-refractivity contribution < 1.29 is 50.7 Å². The van der Waals surface area contributed by atoms with Crippen molar-refractivity contribution in [1.29, 1.82) is 0 Å². The summed E-state index contributed by atoms with van der Waals surface area (Å²) in [6.45, 7) is 13.7. The predicted molar refractivity (Wildman–Crippen MR) is 284 cm³/mol. The molecule has 4 aromatic rings. The number of Topliss-reactive ketones (excluding diaryl/α,β-unsaturated/α-hetero) is 1. The molecule has 3 N–H and O–H groups in total. The molecule has 8 rings (SSSR count). The summed E-state index contributed by atoms with van der Waals surface area (Å²) in [6, 6.07) is 19.3. The normalized spacial score (nSPS) is 24.6. The predicted octanol–water partition coefficient (Wildman–Crippen LogP) is 9.37. The van der Waals surface area contributed by atoms with Gasteiger partial charge in [0.15, 0.2) is 5.78 Å². The highest BCUT2D eigenvalue weighted by molar-refractivity contribution is 7.85. The summed E-state index contributed by atoms with van der Waals surface area (Å²) >= 11 is 0. The third-order valence-corrected chi connectivity index (χ3v) is 18.6. The van der Waals surface area contributed by atoms with Crippen LogP contribution in [0, 0.1) is 48.3 Å². The standard InChI is InChI=1S/C59H76N4O9S/c1-7-8-30-62-49-18-11-9-16-45(49)54(46-17-10-12-19-50(46)62)57(68)72-55-39(2)35-42(36-40(55)3)56(67)61-29-14-32-63(6,33-15-34-73(69,70)71)31-13-28-60-52(66)23-20-41-37-43-38-44(64)24-26-58(43,4)48-25-27-59(5)47(53(41)48)21-22-51(59)65/h9-12,16-19,35-36,38,41,47-48,53H,7-8,13-15,20-34,37H2,1-6H3,(H-2,60,61,66,67,69,70,71)/p+2/t41?,47?,48?,53?,58-,59-,63?/m0/s1. The summed E-state index contributed by atoms with van der Waals surface area (Å²) in [6.07, 6.45) is 12.2. The lowest BCUT2D eigenvalue weighted by molar-refractivity contribution is -0.909. The van der Waals surface area contributed by atoms with Gasteiger partial charge in [0.25, 0.3) is 16.0 Å². The summed E-state index contributed by atoms with van der Waals surface area (Å²) in [4.78, 5) is 67.1. The van der Waals surface area contributed by atoms with Crippen molar-refractivity contribution in [1.82, 2.24) is 10.6 Å². The van der Waals surface area contributed by atoms with Crippen molar-refractivity contribution in [3.05, 3.63) is 94.6 Å². The number of aryl methyl sites for hydroxylation is 3. The van der Waals surface area contributed by atoms with Gasteiger partial charge in [-0.15, -0.1) is 0 Å². The average Bonchev–Trinajstić information content (AvgIpc) is 3.66. The third-order valence-electron chi connectivity index (χ3n) is 17.8. The van der Waals surface area contributed by atoms with Crippen LogP contribution in [0.3, 0.4) is 0 Å². The Labute approximate surface area is 432 Å². The van der Waals surface area contributed by atoms with E-state index in [0.29, 0.717) is 127 Å². The summed E-state index contributed by atoms with van der Waals surface area (Å²) in [5, 5.41) is 7.81. The summed E-state index contributed by atoms with van der Waals surface area (Å²) < 4.78 is 41.8. The zero-order chi connectivity index (χ0) is 52.3. The van der Waals surface area contributed by atoms with Crippen LogP contribution < -0.4 is 19.9 Å². The maximum atomic E-state index is 14.2. The van der Waals surface area contributed by atoms with Crippen molar-refractivity contribution in [2.45, 2.75) is 131 Å². The number of nitrogens with one attached hydrogen (secondary N) is 2. The monoisotopic (exact) mass is 1020 g/mol. The Kier molecular flexibility index (Phi) is 16.5. The van der Waals surface area contributed by atoms with E-state index >= 15 is 0 Å². The molecule has 7 atom stereocenters. The molecule has 13 nitrogen and oxygen atoms in total. The van der Waals surface area contributed by atoms with E-state index in [9.17, 15) is 36.9 Å². The number of carbonyl (C=O) groups is 5. The van der Waals surface area contributed by atoms with Crippen molar-refractivity contribution >= 4 is 61.3 Å². The number of quaternary nitrogens is 1. The van der Waals surface area contributed by atoms with Crippen LogP contribution in [0.15, 0.2) is 72.3 Å². The van der Waals surface area contributed by atoms with Gasteiger partial charge < -0.3 is 19.9 Å². The lowest BCUT2D eigenvalue weighted by Gasteiger charge is -2.59. The number of esters is 1. The SMILES string of the molecule is CCCC[n+]1c2ccccc2c(C(=O)Oc2c(C)cc(C(=O)NCCC[N+](C)(CCCNC(=O)CCC3CC4=CC(=O)CC[C@]4(C)C4CC[C@]5(C)C(=O)CCC5C34)CCCS(=O)(=O)O)cc2C)c2ccccc21. The Bertz CT molecular complexity index is 2850. The number of unbranched alkanes of at least 4 members (excludes halogenated alkanes) is 1. The highest BCUT2D eigenvalue weighted by Crippen LogP contribution is 2.66. The van der Waals surface area contributed by atoms with E-state index in [1.165, 1.54) is 5.57 Å². The number of hydrogen-bond acceptors (Lipinski definition) is 8. The molecular weight excluding hydrogens is 941 g/mol. The number of aromatic nitrogens is 1. The van der Waals surface area contributed by atoms with E-state index in [4.69, 9.17) is 4.74 Å². The number of nitrogens with zero attached hydrogens (tertiary/aromatic N) is 2. The van der Waals surface area contributed by atoms with Crippen LogP contribution in [0.1, 0.15) is 143 Å². The number of pyridine rings is 1. The number of rotatable bonds is 21. The highest BCUT2D eigenvalue weighted by Gasteiger charge is 2.61. The molecule has 3 fully saturated rings. The van der Waals surface area contributed by atoms with Crippen LogP contribution in [0.2, 0.25) is 0 Å². The van der Waals surface area contributed by atoms with Gasteiger partial charge in [-0.1, -0.05) is 57.0 Å². The highest BCUT2D eigenvalue weighted by atomic mass is 32.2. The van der Waals surface area contributed by atoms with E-state index in [1.807, 2.05) is 75.5 Å². The molecule has 0 spiro atoms. The molecule has 3 aromatic carbocycles. The second kappa shape index (κ2) is 22.3. The number of fused-ring (bicyclic) bond motifs is 7. The fourth-order valence-corrected chi connectivity index (χ4v) is 14.4. The number of hydrogen-bond donors (Lipinski definition) is 3. The molecule has 1 heterocycles. The molecule has 5 unspecified atom stereocenters. The molecule has 3 saturated carbocycles. The third kappa shape index (κ3) is 11.7. The minimum Gasteiger partial charge on any atom is -0.422 e. The second-order valence-electron chi connectivity index (χ2n) is 22.8. The van der Waals surface area contributed by atoms with Gasteiger partial charge >= 0.3 is 5.97 Å². The van der Waals surface area contributed by atoms with Crippen molar-refractivity contribution in [3.8, 4) is 5.75 Å². The van der Waals surface area contributed by atoms with Crippen LogP contribution >= 0.6 is 0 Å². The van der Waals surface area contributed by atoms with Gasteiger partial charge in [-0.25, -0.2) is 4.79 Å². The first-order valence-electron chi connectivity index (χ1n) is 27.0. The molecule has 0 radical (unpaired) electrons. The quantitative estimate of drug-likeness (QED) is 0.0140. The number of carbonyl (C=O) groups excluding carboxylic acids is 5. The zero-order valence-corrected chi connectivity index (χ0v) is 44.8. The molecule has 0 bridgehead atoms. The van der Waals surface area contributed by atoms with E-state index in [2.05, 4.69) is 36.0 Å². The fourth-order valence-electron chi connectivity index (χ4n) is 13.9. The lowest BCUT2D eigenvalue weighted by atomic mass is 9.44. The van der Waals surface area contributed by atoms with Gasteiger partial charge in [-0.3, -0.25) is 23.7 Å². The van der Waals surface area contributed by atoms with Gasteiger partial charge in [0.05, 0.1) is 48.8 Å². The number of para-hydroxylation sites is 2. The maximum absolute atomic E-state index is 14.2. The molecule has 0 aliphatic heterocycles. The van der Waals surface area contributed by atoms with Gasteiger partial charge in [-0.2, -0.15) is 13.0 Å². The summed E-state index contributed by atoms with van der Waals surface area (Å²) in [5.41, 5.74) is 5.10. The molecule has 0 saturated heterocycles. The lowest BCUT2D eigenvalue weighted by Crippen LogP contribution is -2.53. The Balaban J connectivity index is 0.850. The number of allylic oxidation sites excluding steroid dienone is 1. The van der Waals surface area contributed by atoms with Crippen molar-refractivity contribution in [2.75, 3.05) is 45.5 Å². The van der Waals surface area contributed by atoms with Gasteiger partial charge in [0, 0.05) is 81.1 Å². The molecule has 4 aliphatic carbocycles. The van der Waals surface area contributed by atoms with E-state index in [-0.39, 0.29) is 46.5 Å². The zero-order valence-electron chi connectivity index (χ0n) is 44.0. The smallest absolute Gasteiger partial charge is 0.345 e. The Morgan fingerprint density at radius 1 is 0.822 bits per heavy atom. The molecular formula is C59H78N4O9S+2. The maximum Gasteiger partial charge on any atom is 0.345 e. The summed E-state index contributed by atoms with van der Waals surface area (Å²) in [7, 11) is -2.10. The number of ketones is 2. The van der Waals surface area contributed by atoms with E-state index in [1.54, 1.807) is 12.1 Å². The van der Waals surface area contributed by atoms with Crippen LogP contribution in [-0.2, 0) is 31.0 Å². The Morgan fingerprint density at radius 3 is 2.08 bits per heavy atom. The van der Waals surface area contributed by atoms with Crippen LogP contribution in [-0.4, -0.2) is 92.3 Å². The second-order valence-corrected chi connectivity index (χ2v) is 24.3. The van der Waals surface area contributed by atoms with E-state index in [0.717, 1.165) is 73.3 Å². The van der Waals surface area contributed by atoms with Gasteiger partial charge in [0.2, 0.25) is 16.9 Å². The topological polar surface area (TPSA) is 177 Å². The van der Waals surface area contributed by atoms with Gasteiger partial charge in [0.1, 0.15) is 18.1 Å². The minimum atomic E-state index is -4.14. The Hall–Kier alpha value is -5.31. The molecule has 4 aliphatic rings. The number of benzene rings is 3. The van der Waals surface area contributed by atoms with Crippen molar-refractivity contribution in [3.63, 3.8) is 0 Å². The Morgan fingerprint density at radius 2 is 1.44 bits per heavy atom. The first-order chi connectivity index (χ1) is 34.7. The number of amides is 2. The molecule has 392 valence electrons. The summed E-state index contributed by atoms with van der Waals surface area (Å²) in [5.74, 6) is 1.22. The average molecular weight is 1020 g/mol.